The van der Waals surface area contributed by atoms with E-state index in [1.54, 1.807) is 18.2 Å². The zero-order valence-electron chi connectivity index (χ0n) is 9.83. The molecule has 94 valence electrons. The quantitative estimate of drug-likeness (QED) is 0.608. The number of benzene rings is 1. The molecule has 0 aliphatic rings. The van der Waals surface area contributed by atoms with Crippen LogP contribution in [0.2, 0.25) is 5.02 Å². The van der Waals surface area contributed by atoms with Crippen molar-refractivity contribution in [2.45, 2.75) is 19.8 Å². The Kier molecular flexibility index (Phi) is 5.80. The molecular formula is C12H17ClN2O2. The van der Waals surface area contributed by atoms with Gasteiger partial charge < -0.3 is 15.8 Å². The maximum absolute atomic E-state index is 11.5. The van der Waals surface area contributed by atoms with Gasteiger partial charge in [0.05, 0.1) is 10.7 Å². The predicted molar refractivity (Wildman–Crippen MR) is 70.2 cm³/mol. The Morgan fingerprint density at radius 1 is 1.53 bits per heavy atom. The minimum absolute atomic E-state index is 0.0504. The highest BCUT2D eigenvalue weighted by Crippen LogP contribution is 2.22. The van der Waals surface area contributed by atoms with Gasteiger partial charge in [0.1, 0.15) is 0 Å². The van der Waals surface area contributed by atoms with Crippen LogP contribution in [0, 0.1) is 0 Å². The molecule has 0 fully saturated rings. The van der Waals surface area contributed by atoms with E-state index < -0.39 is 0 Å². The maximum Gasteiger partial charge on any atom is 0.224 e. The fraction of sp³-hybridized carbons (Fsp3) is 0.417. The van der Waals surface area contributed by atoms with Crippen LogP contribution in [0.5, 0.6) is 0 Å². The highest BCUT2D eigenvalue weighted by atomic mass is 35.5. The van der Waals surface area contributed by atoms with E-state index in [0.29, 0.717) is 42.5 Å². The molecule has 3 N–H and O–H groups in total. The molecule has 0 radical (unpaired) electrons. The van der Waals surface area contributed by atoms with Gasteiger partial charge in [-0.1, -0.05) is 11.6 Å². The molecule has 0 aliphatic heterocycles. The van der Waals surface area contributed by atoms with Crippen LogP contribution >= 0.6 is 11.6 Å². The molecule has 5 heteroatoms. The van der Waals surface area contributed by atoms with Crippen LogP contribution in [0.15, 0.2) is 18.2 Å². The number of ether oxygens (including phenoxy) is 1. The maximum atomic E-state index is 11.5. The Balaban J connectivity index is 2.37. The van der Waals surface area contributed by atoms with Crippen molar-refractivity contribution < 1.29 is 9.53 Å². The lowest BCUT2D eigenvalue weighted by molar-refractivity contribution is -0.116. The van der Waals surface area contributed by atoms with Crippen LogP contribution in [0.1, 0.15) is 19.8 Å². The molecule has 1 aromatic rings. The molecular weight excluding hydrogens is 240 g/mol. The minimum atomic E-state index is -0.0504. The Bertz CT molecular complexity index is 383. The topological polar surface area (TPSA) is 64.3 Å². The van der Waals surface area contributed by atoms with E-state index in [1.807, 2.05) is 6.92 Å². The second-order valence-electron chi connectivity index (χ2n) is 3.58. The summed E-state index contributed by atoms with van der Waals surface area (Å²) in [6, 6.07) is 5.02. The van der Waals surface area contributed by atoms with Crippen molar-refractivity contribution in [2.24, 2.45) is 0 Å². The summed E-state index contributed by atoms with van der Waals surface area (Å²) < 4.78 is 5.15. The number of nitrogens with one attached hydrogen (secondary N) is 1. The Labute approximate surface area is 106 Å². The smallest absolute Gasteiger partial charge is 0.224 e. The third kappa shape index (κ3) is 5.06. The van der Waals surface area contributed by atoms with Gasteiger partial charge in [0.2, 0.25) is 5.91 Å². The lowest BCUT2D eigenvalue weighted by atomic mass is 10.2. The SMILES string of the molecule is CCOCCCC(=O)Nc1ccc(N)c(Cl)c1. The molecule has 0 bridgehead atoms. The van der Waals surface area contributed by atoms with E-state index in [2.05, 4.69) is 5.32 Å². The van der Waals surface area contributed by atoms with Crippen molar-refractivity contribution in [3.8, 4) is 0 Å². The number of carbonyl (C=O) groups excluding carboxylic acids is 1. The average molecular weight is 257 g/mol. The number of hydrogen-bond acceptors (Lipinski definition) is 3. The molecule has 0 spiro atoms. The fourth-order valence-corrected chi connectivity index (χ4v) is 1.49. The van der Waals surface area contributed by atoms with Crippen molar-refractivity contribution in [1.29, 1.82) is 0 Å². The van der Waals surface area contributed by atoms with Gasteiger partial charge in [0.25, 0.3) is 0 Å². The first-order valence-electron chi connectivity index (χ1n) is 5.56. The van der Waals surface area contributed by atoms with Crippen molar-refractivity contribution in [3.05, 3.63) is 23.2 Å². The summed E-state index contributed by atoms with van der Waals surface area (Å²) in [6.07, 6.45) is 1.14. The van der Waals surface area contributed by atoms with Crippen molar-refractivity contribution in [1.82, 2.24) is 0 Å². The highest BCUT2D eigenvalue weighted by molar-refractivity contribution is 6.33. The van der Waals surface area contributed by atoms with E-state index in [-0.39, 0.29) is 5.91 Å². The Hall–Kier alpha value is -1.26. The first-order valence-corrected chi connectivity index (χ1v) is 5.94. The molecule has 4 nitrogen and oxygen atoms in total. The monoisotopic (exact) mass is 256 g/mol. The largest absolute Gasteiger partial charge is 0.398 e. The molecule has 0 unspecified atom stereocenters. The van der Waals surface area contributed by atoms with Gasteiger partial charge in [-0.2, -0.15) is 0 Å². The van der Waals surface area contributed by atoms with Crippen LogP contribution in [-0.2, 0) is 9.53 Å². The van der Waals surface area contributed by atoms with Gasteiger partial charge in [-0.15, -0.1) is 0 Å². The number of rotatable bonds is 6. The van der Waals surface area contributed by atoms with Gasteiger partial charge in [0.15, 0.2) is 0 Å². The van der Waals surface area contributed by atoms with Crippen LogP contribution in [0.4, 0.5) is 11.4 Å². The summed E-state index contributed by atoms with van der Waals surface area (Å²) in [5.41, 5.74) is 6.73. The summed E-state index contributed by atoms with van der Waals surface area (Å²) in [4.78, 5) is 11.5. The van der Waals surface area contributed by atoms with Crippen molar-refractivity contribution in [2.75, 3.05) is 24.3 Å². The molecule has 1 aromatic carbocycles. The van der Waals surface area contributed by atoms with E-state index in [0.717, 1.165) is 0 Å². The average Bonchev–Trinajstić information content (AvgIpc) is 2.30. The molecule has 1 rings (SSSR count). The molecule has 0 saturated heterocycles. The molecule has 0 saturated carbocycles. The molecule has 0 aliphatic carbocycles. The lowest BCUT2D eigenvalue weighted by Gasteiger charge is -2.06. The van der Waals surface area contributed by atoms with E-state index in [9.17, 15) is 4.79 Å². The molecule has 0 heterocycles. The fourth-order valence-electron chi connectivity index (χ4n) is 1.31. The van der Waals surface area contributed by atoms with E-state index in [4.69, 9.17) is 22.1 Å². The lowest BCUT2D eigenvalue weighted by Crippen LogP contribution is -2.12. The first kappa shape index (κ1) is 13.8. The zero-order valence-corrected chi connectivity index (χ0v) is 10.6. The Morgan fingerprint density at radius 2 is 2.29 bits per heavy atom. The minimum Gasteiger partial charge on any atom is -0.398 e. The van der Waals surface area contributed by atoms with Crippen molar-refractivity contribution in [3.63, 3.8) is 0 Å². The number of amides is 1. The van der Waals surface area contributed by atoms with Crippen LogP contribution in [0.3, 0.4) is 0 Å². The molecule has 1 amide bonds. The number of carbonyl (C=O) groups is 1. The predicted octanol–water partition coefficient (Wildman–Crippen LogP) is 2.68. The summed E-state index contributed by atoms with van der Waals surface area (Å²) >= 11 is 5.85. The molecule has 0 atom stereocenters. The van der Waals surface area contributed by atoms with Gasteiger partial charge >= 0.3 is 0 Å². The second-order valence-corrected chi connectivity index (χ2v) is 3.99. The van der Waals surface area contributed by atoms with Gasteiger partial charge in [-0.25, -0.2) is 0 Å². The van der Waals surface area contributed by atoms with E-state index >= 15 is 0 Å². The van der Waals surface area contributed by atoms with Crippen LogP contribution < -0.4 is 11.1 Å². The van der Waals surface area contributed by atoms with Gasteiger partial charge in [0, 0.05) is 25.3 Å². The number of anilines is 2. The summed E-state index contributed by atoms with van der Waals surface area (Å²) in [5, 5.41) is 3.19. The number of hydrogen-bond donors (Lipinski definition) is 2. The van der Waals surface area contributed by atoms with Crippen molar-refractivity contribution >= 4 is 28.9 Å². The molecule has 0 aromatic heterocycles. The second kappa shape index (κ2) is 7.14. The van der Waals surface area contributed by atoms with Gasteiger partial charge in [-0.3, -0.25) is 4.79 Å². The number of nitrogens with two attached hydrogens (primary N) is 1. The summed E-state index contributed by atoms with van der Waals surface area (Å²) in [5.74, 6) is -0.0504. The summed E-state index contributed by atoms with van der Waals surface area (Å²) in [7, 11) is 0. The zero-order chi connectivity index (χ0) is 12.7. The van der Waals surface area contributed by atoms with E-state index in [1.165, 1.54) is 0 Å². The highest BCUT2D eigenvalue weighted by Gasteiger charge is 2.03. The Morgan fingerprint density at radius 3 is 2.94 bits per heavy atom. The number of nitrogen functional groups attached to an aromatic ring is 1. The molecule has 17 heavy (non-hydrogen) atoms. The van der Waals surface area contributed by atoms with Gasteiger partial charge in [-0.05, 0) is 31.5 Å². The number of halogens is 1. The standard InChI is InChI=1S/C12H17ClN2O2/c1-2-17-7-3-4-12(16)15-9-5-6-11(14)10(13)8-9/h5-6,8H,2-4,7,14H2,1H3,(H,15,16). The first-order chi connectivity index (χ1) is 8.13. The summed E-state index contributed by atoms with van der Waals surface area (Å²) in [6.45, 7) is 3.21. The van der Waals surface area contributed by atoms with Crippen LogP contribution in [-0.4, -0.2) is 19.1 Å². The third-order valence-corrected chi connectivity index (χ3v) is 2.51. The third-order valence-electron chi connectivity index (χ3n) is 2.18. The van der Waals surface area contributed by atoms with Crippen LogP contribution in [0.25, 0.3) is 0 Å². The normalized spacial score (nSPS) is 10.2.